The van der Waals surface area contributed by atoms with Gasteiger partial charge in [0.1, 0.15) is 17.1 Å². The van der Waals surface area contributed by atoms with Gasteiger partial charge in [0.2, 0.25) is 5.91 Å². The van der Waals surface area contributed by atoms with Gasteiger partial charge in [-0.25, -0.2) is 9.78 Å². The lowest BCUT2D eigenvalue weighted by Crippen LogP contribution is -2.24. The van der Waals surface area contributed by atoms with Gasteiger partial charge in [0.25, 0.3) is 0 Å². The van der Waals surface area contributed by atoms with Crippen LogP contribution < -0.4 is 5.32 Å². The van der Waals surface area contributed by atoms with Crippen LogP contribution in [0.4, 0.5) is 0 Å². The summed E-state index contributed by atoms with van der Waals surface area (Å²) in [4.78, 5) is 28.3. The summed E-state index contributed by atoms with van der Waals surface area (Å²) in [5.41, 5.74) is 3.78. The molecule has 0 saturated carbocycles. The summed E-state index contributed by atoms with van der Waals surface area (Å²) in [7, 11) is 1.32. The average Bonchev–Trinajstić information content (AvgIpc) is 3.32. The standard InChI is InChI=1S/C21H23N3O4S/c1-13-6-5-7-18(14(13)2)24-9-8-22-21(24)29-12-19(25)23-11-16-10-17(15(3)28-16)20(26)27-4/h5-10H,11-12H2,1-4H3,(H,23,25). The van der Waals surface area contributed by atoms with Crippen LogP contribution in [0.3, 0.4) is 0 Å². The van der Waals surface area contributed by atoms with Crippen molar-refractivity contribution in [2.45, 2.75) is 32.5 Å². The molecule has 0 aliphatic carbocycles. The number of aromatic nitrogens is 2. The number of carbonyl (C=O) groups excluding carboxylic acids is 2. The maximum absolute atomic E-state index is 12.3. The van der Waals surface area contributed by atoms with Gasteiger partial charge in [-0.05, 0) is 44.0 Å². The molecule has 2 heterocycles. The fraction of sp³-hybridized carbons (Fsp3) is 0.286. The number of hydrogen-bond acceptors (Lipinski definition) is 6. The van der Waals surface area contributed by atoms with Gasteiger partial charge in [0.15, 0.2) is 5.16 Å². The van der Waals surface area contributed by atoms with E-state index < -0.39 is 5.97 Å². The second-order valence-corrected chi connectivity index (χ2v) is 7.48. The number of thioether (sulfide) groups is 1. The summed E-state index contributed by atoms with van der Waals surface area (Å²) in [5, 5.41) is 3.54. The first-order valence-electron chi connectivity index (χ1n) is 9.07. The Hall–Kier alpha value is -3.00. The van der Waals surface area contributed by atoms with Crippen LogP contribution in [0.1, 0.15) is 33.0 Å². The number of carbonyl (C=O) groups is 2. The predicted octanol–water partition coefficient (Wildman–Crippen LogP) is 3.59. The lowest BCUT2D eigenvalue weighted by Gasteiger charge is -2.12. The Kier molecular flexibility index (Phi) is 6.43. The topological polar surface area (TPSA) is 86.4 Å². The van der Waals surface area contributed by atoms with Crippen LogP contribution in [-0.2, 0) is 16.1 Å². The summed E-state index contributed by atoms with van der Waals surface area (Å²) in [6.45, 7) is 6.01. The van der Waals surface area contributed by atoms with Crippen molar-refractivity contribution in [2.75, 3.05) is 12.9 Å². The van der Waals surface area contributed by atoms with Crippen LogP contribution in [0.5, 0.6) is 0 Å². The molecule has 2 aromatic heterocycles. The molecular weight excluding hydrogens is 390 g/mol. The van der Waals surface area contributed by atoms with E-state index in [0.717, 1.165) is 10.8 Å². The molecule has 1 amide bonds. The quantitative estimate of drug-likeness (QED) is 0.471. The minimum Gasteiger partial charge on any atom is -0.465 e. The van der Waals surface area contributed by atoms with Crippen LogP contribution in [0.15, 0.2) is 46.2 Å². The molecule has 1 N–H and O–H groups in total. The number of rotatable bonds is 7. The first-order chi connectivity index (χ1) is 13.9. The van der Waals surface area contributed by atoms with Gasteiger partial charge in [-0.3, -0.25) is 9.36 Å². The van der Waals surface area contributed by atoms with Crippen LogP contribution in [0.25, 0.3) is 5.69 Å². The molecule has 0 aliphatic rings. The fourth-order valence-electron chi connectivity index (χ4n) is 2.89. The van der Waals surface area contributed by atoms with E-state index >= 15 is 0 Å². The Bertz CT molecular complexity index is 1040. The molecule has 152 valence electrons. The molecule has 7 nitrogen and oxygen atoms in total. The molecule has 8 heteroatoms. The number of esters is 1. The minimum absolute atomic E-state index is 0.154. The molecule has 0 radical (unpaired) electrons. The van der Waals surface area contributed by atoms with Gasteiger partial charge in [-0.2, -0.15) is 0 Å². The van der Waals surface area contributed by atoms with E-state index in [1.54, 1.807) is 19.2 Å². The van der Waals surface area contributed by atoms with E-state index in [9.17, 15) is 9.59 Å². The van der Waals surface area contributed by atoms with Crippen LogP contribution in [-0.4, -0.2) is 34.3 Å². The third kappa shape index (κ3) is 4.71. The molecule has 0 atom stereocenters. The van der Waals surface area contributed by atoms with Crippen molar-refractivity contribution in [3.8, 4) is 5.69 Å². The molecule has 0 aliphatic heterocycles. The Balaban J connectivity index is 1.59. The van der Waals surface area contributed by atoms with Gasteiger partial charge in [-0.15, -0.1) is 0 Å². The highest BCUT2D eigenvalue weighted by molar-refractivity contribution is 7.99. The van der Waals surface area contributed by atoms with Gasteiger partial charge in [0.05, 0.1) is 25.1 Å². The van der Waals surface area contributed by atoms with Gasteiger partial charge < -0.3 is 14.5 Å². The van der Waals surface area contributed by atoms with Gasteiger partial charge in [-0.1, -0.05) is 23.9 Å². The monoisotopic (exact) mass is 413 g/mol. The number of benzene rings is 1. The number of imidazole rings is 1. The maximum atomic E-state index is 12.3. The van der Waals surface area contributed by atoms with E-state index in [4.69, 9.17) is 9.15 Å². The highest BCUT2D eigenvalue weighted by atomic mass is 32.2. The summed E-state index contributed by atoms with van der Waals surface area (Å²) < 4.78 is 12.2. The lowest BCUT2D eigenvalue weighted by molar-refractivity contribution is -0.118. The third-order valence-corrected chi connectivity index (χ3v) is 5.58. The van der Waals surface area contributed by atoms with E-state index in [1.165, 1.54) is 30.0 Å². The van der Waals surface area contributed by atoms with Crippen LogP contribution in [0.2, 0.25) is 0 Å². The molecule has 0 saturated heterocycles. The van der Waals surface area contributed by atoms with Crippen LogP contribution in [0, 0.1) is 20.8 Å². The molecule has 0 bridgehead atoms. The third-order valence-electron chi connectivity index (χ3n) is 4.61. The van der Waals surface area contributed by atoms with Crippen molar-refractivity contribution in [3.05, 3.63) is 64.9 Å². The van der Waals surface area contributed by atoms with Crippen molar-refractivity contribution in [1.29, 1.82) is 0 Å². The summed E-state index contributed by atoms with van der Waals surface area (Å²) in [5.74, 6) is 0.562. The first-order valence-corrected chi connectivity index (χ1v) is 10.1. The number of amides is 1. The first kappa shape index (κ1) is 20.7. The molecule has 3 rings (SSSR count). The van der Waals surface area contributed by atoms with E-state index in [0.29, 0.717) is 17.1 Å². The van der Waals surface area contributed by atoms with Crippen molar-refractivity contribution in [3.63, 3.8) is 0 Å². The molecule has 1 aromatic carbocycles. The number of nitrogens with zero attached hydrogens (tertiary/aromatic N) is 2. The smallest absolute Gasteiger partial charge is 0.341 e. The molecule has 0 spiro atoms. The number of methoxy groups -OCH3 is 1. The minimum atomic E-state index is -0.460. The second-order valence-electron chi connectivity index (χ2n) is 6.54. The predicted molar refractivity (Wildman–Crippen MR) is 110 cm³/mol. The van der Waals surface area contributed by atoms with Crippen molar-refractivity contribution < 1.29 is 18.7 Å². The Morgan fingerprint density at radius 2 is 2.07 bits per heavy atom. The van der Waals surface area contributed by atoms with Crippen LogP contribution >= 0.6 is 11.8 Å². The normalized spacial score (nSPS) is 10.8. The number of nitrogens with one attached hydrogen (secondary N) is 1. The zero-order chi connectivity index (χ0) is 21.0. The number of hydrogen-bond donors (Lipinski definition) is 1. The summed E-state index contributed by atoms with van der Waals surface area (Å²) >= 11 is 1.36. The maximum Gasteiger partial charge on any atom is 0.341 e. The van der Waals surface area contributed by atoms with E-state index in [1.807, 2.05) is 22.9 Å². The van der Waals surface area contributed by atoms with Crippen molar-refractivity contribution in [1.82, 2.24) is 14.9 Å². The summed E-state index contributed by atoms with van der Waals surface area (Å²) in [6.07, 6.45) is 3.62. The van der Waals surface area contributed by atoms with Crippen molar-refractivity contribution in [2.24, 2.45) is 0 Å². The lowest BCUT2D eigenvalue weighted by atomic mass is 10.1. The SMILES string of the molecule is COC(=O)c1cc(CNC(=O)CSc2nccn2-c2cccc(C)c2C)oc1C. The molecule has 29 heavy (non-hydrogen) atoms. The molecule has 3 aromatic rings. The van der Waals surface area contributed by atoms with Gasteiger partial charge in [0, 0.05) is 12.4 Å². The van der Waals surface area contributed by atoms with E-state index in [2.05, 4.69) is 30.2 Å². The van der Waals surface area contributed by atoms with Crippen molar-refractivity contribution >= 4 is 23.6 Å². The highest BCUT2D eigenvalue weighted by Crippen LogP contribution is 2.24. The zero-order valence-corrected chi connectivity index (χ0v) is 17.6. The average molecular weight is 413 g/mol. The zero-order valence-electron chi connectivity index (χ0n) is 16.8. The molecule has 0 fully saturated rings. The van der Waals surface area contributed by atoms with Gasteiger partial charge >= 0.3 is 5.97 Å². The molecule has 0 unspecified atom stereocenters. The fourth-order valence-corrected chi connectivity index (χ4v) is 3.68. The Labute approximate surface area is 173 Å². The highest BCUT2D eigenvalue weighted by Gasteiger charge is 2.16. The molecular formula is C21H23N3O4S. The Morgan fingerprint density at radius 1 is 1.28 bits per heavy atom. The summed E-state index contributed by atoms with van der Waals surface area (Å²) in [6, 6.07) is 7.69. The Morgan fingerprint density at radius 3 is 2.83 bits per heavy atom. The van der Waals surface area contributed by atoms with E-state index in [-0.39, 0.29) is 18.2 Å². The number of aryl methyl sites for hydroxylation is 2. The number of furan rings is 1. The second kappa shape index (κ2) is 9.00. The number of ether oxygens (including phenoxy) is 1. The largest absolute Gasteiger partial charge is 0.465 e.